The molecule has 0 spiro atoms. The van der Waals surface area contributed by atoms with Gasteiger partial charge in [-0.05, 0) is 30.9 Å². The largest absolute Gasteiger partial charge is 0.356 e. The van der Waals surface area contributed by atoms with Gasteiger partial charge in [0.05, 0.1) is 5.75 Å². The second-order valence-electron chi connectivity index (χ2n) is 5.65. The van der Waals surface area contributed by atoms with Crippen LogP contribution in [-0.4, -0.2) is 51.4 Å². The second kappa shape index (κ2) is 11.4. The van der Waals surface area contributed by atoms with E-state index in [1.165, 1.54) is 10.9 Å². The molecule has 0 atom stereocenters. The highest BCUT2D eigenvalue weighted by Crippen LogP contribution is 2.15. The summed E-state index contributed by atoms with van der Waals surface area (Å²) in [4.78, 5) is 4.14. The van der Waals surface area contributed by atoms with Gasteiger partial charge in [0, 0.05) is 44.9 Å². The predicted octanol–water partition coefficient (Wildman–Crippen LogP) is 1.75. The van der Waals surface area contributed by atoms with E-state index in [4.69, 9.17) is 0 Å². The number of para-hydroxylation sites is 1. The quantitative estimate of drug-likeness (QED) is 0.215. The van der Waals surface area contributed by atoms with Crippen molar-refractivity contribution in [1.82, 2.24) is 19.9 Å². The lowest BCUT2D eigenvalue weighted by Gasteiger charge is -2.12. The minimum absolute atomic E-state index is 0. The molecule has 3 N–H and O–H groups in total. The minimum Gasteiger partial charge on any atom is -0.356 e. The van der Waals surface area contributed by atoms with E-state index in [1.807, 2.05) is 6.07 Å². The van der Waals surface area contributed by atoms with Gasteiger partial charge in [0.1, 0.15) is 0 Å². The number of aryl methyl sites for hydroxylation is 1. The number of guanidine groups is 1. The zero-order valence-electron chi connectivity index (χ0n) is 15.2. The summed E-state index contributed by atoms with van der Waals surface area (Å²) in [5.74, 6) is 0.765. The van der Waals surface area contributed by atoms with Gasteiger partial charge >= 0.3 is 0 Å². The summed E-state index contributed by atoms with van der Waals surface area (Å²) in [6.07, 6.45) is 3.07. The van der Waals surface area contributed by atoms with Crippen molar-refractivity contribution in [3.05, 3.63) is 36.5 Å². The Morgan fingerprint density at radius 3 is 2.58 bits per heavy atom. The number of hydrogen-bond acceptors (Lipinski definition) is 3. The van der Waals surface area contributed by atoms with Crippen LogP contribution < -0.4 is 15.4 Å². The third kappa shape index (κ3) is 7.12. The van der Waals surface area contributed by atoms with E-state index in [-0.39, 0.29) is 29.7 Å². The molecule has 0 aliphatic rings. The molecule has 0 saturated carbocycles. The van der Waals surface area contributed by atoms with Gasteiger partial charge in [-0.1, -0.05) is 18.2 Å². The van der Waals surface area contributed by atoms with Crippen molar-refractivity contribution in [2.75, 3.05) is 32.4 Å². The van der Waals surface area contributed by atoms with Crippen LogP contribution >= 0.6 is 24.0 Å². The molecular weight excluding hydrogens is 465 g/mol. The van der Waals surface area contributed by atoms with E-state index in [2.05, 4.69) is 55.4 Å². The number of nitrogens with one attached hydrogen (secondary N) is 3. The van der Waals surface area contributed by atoms with Crippen LogP contribution in [0.15, 0.2) is 41.5 Å². The molecule has 2 aromatic rings. The Labute approximate surface area is 172 Å². The number of aromatic nitrogens is 1. The maximum atomic E-state index is 11.3. The molecule has 0 saturated heterocycles. The number of aliphatic imine (C=N–C) groups is 1. The van der Waals surface area contributed by atoms with Gasteiger partial charge in [-0.2, -0.15) is 0 Å². The highest BCUT2D eigenvalue weighted by Gasteiger charge is 2.05. The molecule has 0 aliphatic carbocycles. The molecule has 0 unspecified atom stereocenters. The van der Waals surface area contributed by atoms with Crippen molar-refractivity contribution in [2.45, 2.75) is 19.9 Å². The third-order valence-electron chi connectivity index (χ3n) is 3.89. The van der Waals surface area contributed by atoms with Gasteiger partial charge < -0.3 is 15.2 Å². The molecule has 1 heterocycles. The van der Waals surface area contributed by atoms with Crippen LogP contribution in [0.25, 0.3) is 10.9 Å². The first-order valence-electron chi connectivity index (χ1n) is 8.51. The van der Waals surface area contributed by atoms with Crippen LogP contribution in [-0.2, 0) is 16.6 Å². The Balaban J connectivity index is 0.00000338. The zero-order chi connectivity index (χ0) is 18.1. The number of rotatable bonds is 9. The van der Waals surface area contributed by atoms with Crippen LogP contribution in [0.3, 0.4) is 0 Å². The van der Waals surface area contributed by atoms with Crippen molar-refractivity contribution in [2.24, 2.45) is 4.99 Å². The van der Waals surface area contributed by atoms with Crippen LogP contribution in [0, 0.1) is 0 Å². The molecule has 9 heteroatoms. The number of benzene rings is 1. The van der Waals surface area contributed by atoms with Crippen molar-refractivity contribution in [3.63, 3.8) is 0 Å². The Hall–Kier alpha value is -1.33. The number of nitrogens with zero attached hydrogens (tertiary/aromatic N) is 2. The van der Waals surface area contributed by atoms with E-state index in [9.17, 15) is 8.42 Å². The molecule has 7 nitrogen and oxygen atoms in total. The SMILES string of the molecule is CCS(=O)(=O)NCCNC(=NC)NCCCn1ccc2ccccc21.I. The summed E-state index contributed by atoms with van der Waals surface area (Å²) in [7, 11) is -1.44. The van der Waals surface area contributed by atoms with E-state index >= 15 is 0 Å². The van der Waals surface area contributed by atoms with Gasteiger partial charge in [0.15, 0.2) is 5.96 Å². The van der Waals surface area contributed by atoms with Crippen molar-refractivity contribution in [3.8, 4) is 0 Å². The molecule has 26 heavy (non-hydrogen) atoms. The standard InChI is InChI=1S/C17H27N5O2S.HI/c1-3-25(23,24)21-12-11-20-17(18-2)19-10-6-13-22-14-9-15-7-4-5-8-16(15)22;/h4-5,7-9,14,21H,3,6,10-13H2,1-2H3,(H2,18,19,20);1H. The number of hydrogen-bond donors (Lipinski definition) is 3. The second-order valence-corrected chi connectivity index (χ2v) is 7.74. The van der Waals surface area contributed by atoms with E-state index in [0.29, 0.717) is 19.0 Å². The van der Waals surface area contributed by atoms with Crippen LogP contribution in [0.2, 0.25) is 0 Å². The molecule has 146 valence electrons. The number of sulfonamides is 1. The summed E-state index contributed by atoms with van der Waals surface area (Å²) in [5, 5.41) is 7.59. The van der Waals surface area contributed by atoms with E-state index in [0.717, 1.165) is 19.5 Å². The Morgan fingerprint density at radius 1 is 1.12 bits per heavy atom. The summed E-state index contributed by atoms with van der Waals surface area (Å²) in [6, 6.07) is 10.5. The van der Waals surface area contributed by atoms with Crippen molar-refractivity contribution in [1.29, 1.82) is 0 Å². The number of fused-ring (bicyclic) bond motifs is 1. The summed E-state index contributed by atoms with van der Waals surface area (Å²) >= 11 is 0. The first-order chi connectivity index (χ1) is 12.1. The first kappa shape index (κ1) is 22.7. The summed E-state index contributed by atoms with van der Waals surface area (Å²) < 4.78 is 27.4. The van der Waals surface area contributed by atoms with Crippen molar-refractivity contribution < 1.29 is 8.42 Å². The molecular formula is C17H28IN5O2S. The Bertz CT molecular complexity index is 804. The fourth-order valence-corrected chi connectivity index (χ4v) is 3.12. The fourth-order valence-electron chi connectivity index (χ4n) is 2.50. The van der Waals surface area contributed by atoms with Crippen LogP contribution in [0.5, 0.6) is 0 Å². The zero-order valence-corrected chi connectivity index (χ0v) is 18.4. The molecule has 0 aliphatic heterocycles. The summed E-state index contributed by atoms with van der Waals surface area (Å²) in [6.45, 7) is 4.15. The lowest BCUT2D eigenvalue weighted by molar-refractivity contribution is 0.581. The normalized spacial score (nSPS) is 12.0. The monoisotopic (exact) mass is 493 g/mol. The van der Waals surface area contributed by atoms with Gasteiger partial charge in [-0.15, -0.1) is 24.0 Å². The highest BCUT2D eigenvalue weighted by molar-refractivity contribution is 14.0. The molecule has 2 rings (SSSR count). The third-order valence-corrected chi connectivity index (χ3v) is 5.30. The Kier molecular flexibility index (Phi) is 9.96. The molecule has 1 aromatic heterocycles. The lowest BCUT2D eigenvalue weighted by Crippen LogP contribution is -2.42. The minimum atomic E-state index is -3.14. The number of halogens is 1. The molecule has 0 radical (unpaired) electrons. The van der Waals surface area contributed by atoms with Gasteiger partial charge in [0.2, 0.25) is 10.0 Å². The smallest absolute Gasteiger partial charge is 0.211 e. The molecule has 0 fully saturated rings. The van der Waals surface area contributed by atoms with Crippen LogP contribution in [0.1, 0.15) is 13.3 Å². The highest BCUT2D eigenvalue weighted by atomic mass is 127. The van der Waals surface area contributed by atoms with Crippen molar-refractivity contribution >= 4 is 50.9 Å². The topological polar surface area (TPSA) is 87.5 Å². The molecule has 0 amide bonds. The maximum absolute atomic E-state index is 11.3. The average molecular weight is 493 g/mol. The van der Waals surface area contributed by atoms with Crippen LogP contribution in [0.4, 0.5) is 0 Å². The predicted molar refractivity (Wildman–Crippen MR) is 119 cm³/mol. The average Bonchev–Trinajstić information content (AvgIpc) is 3.03. The van der Waals surface area contributed by atoms with Gasteiger partial charge in [-0.25, -0.2) is 13.1 Å². The summed E-state index contributed by atoms with van der Waals surface area (Å²) in [5.41, 5.74) is 1.24. The lowest BCUT2D eigenvalue weighted by atomic mass is 10.2. The van der Waals surface area contributed by atoms with E-state index in [1.54, 1.807) is 14.0 Å². The van der Waals surface area contributed by atoms with Gasteiger partial charge in [0.25, 0.3) is 0 Å². The first-order valence-corrected chi connectivity index (χ1v) is 10.2. The van der Waals surface area contributed by atoms with Gasteiger partial charge in [-0.3, -0.25) is 4.99 Å². The molecule has 1 aromatic carbocycles. The fraction of sp³-hybridized carbons (Fsp3) is 0.471. The Morgan fingerprint density at radius 2 is 1.85 bits per heavy atom. The maximum Gasteiger partial charge on any atom is 0.211 e. The van der Waals surface area contributed by atoms with E-state index < -0.39 is 10.0 Å². The molecule has 0 bridgehead atoms.